The van der Waals surface area contributed by atoms with Gasteiger partial charge in [0.15, 0.2) is 4.34 Å². The van der Waals surface area contributed by atoms with E-state index in [1.54, 1.807) is 31.3 Å². The highest BCUT2D eigenvalue weighted by Gasteiger charge is 2.08. The van der Waals surface area contributed by atoms with E-state index in [2.05, 4.69) is 20.8 Å². The van der Waals surface area contributed by atoms with Gasteiger partial charge in [-0.25, -0.2) is 0 Å². The lowest BCUT2D eigenvalue weighted by molar-refractivity contribution is -0.115. The summed E-state index contributed by atoms with van der Waals surface area (Å²) in [7, 11) is 1.79. The molecule has 1 amide bonds. The molecule has 0 atom stereocenters. The smallest absolute Gasteiger partial charge is 0.225 e. The number of carbonyl (C=O) groups excluding carboxylic acids is 1. The van der Waals surface area contributed by atoms with Gasteiger partial charge in [-0.1, -0.05) is 35.2 Å². The van der Waals surface area contributed by atoms with E-state index in [0.29, 0.717) is 23.4 Å². The maximum absolute atomic E-state index is 11.9. The molecule has 0 unspecified atom stereocenters. The Hall–Kier alpha value is -2.11. The highest BCUT2D eigenvalue weighted by atomic mass is 32.2. The van der Waals surface area contributed by atoms with Gasteiger partial charge in [0.2, 0.25) is 11.0 Å². The van der Waals surface area contributed by atoms with E-state index in [9.17, 15) is 4.79 Å². The number of rotatable bonds is 6. The van der Waals surface area contributed by atoms with E-state index in [-0.39, 0.29) is 5.91 Å². The maximum Gasteiger partial charge on any atom is 0.225 e. The molecule has 0 aliphatic heterocycles. The Morgan fingerprint density at radius 3 is 2.95 bits per heavy atom. The molecule has 0 bridgehead atoms. The number of carbonyl (C=O) groups is 1. The Labute approximate surface area is 130 Å². The maximum atomic E-state index is 11.9. The summed E-state index contributed by atoms with van der Waals surface area (Å²) in [4.78, 5) is 11.9. The summed E-state index contributed by atoms with van der Waals surface area (Å²) in [6.07, 6.45) is 0.346. The predicted molar refractivity (Wildman–Crippen MR) is 84.6 cm³/mol. The molecular formula is C13H13N5OS2. The molecule has 0 spiro atoms. The average Bonchev–Trinajstić information content (AvgIpc) is 2.96. The number of nitriles is 1. The molecule has 0 radical (unpaired) electrons. The summed E-state index contributed by atoms with van der Waals surface area (Å²) in [5, 5.41) is 23.3. The van der Waals surface area contributed by atoms with Crippen LogP contribution in [0.4, 0.5) is 10.8 Å². The minimum absolute atomic E-state index is 0.122. The van der Waals surface area contributed by atoms with Crippen LogP contribution in [0.2, 0.25) is 0 Å². The first-order chi connectivity index (χ1) is 10.2. The summed E-state index contributed by atoms with van der Waals surface area (Å²) in [6, 6.07) is 8.98. The standard InChI is InChI=1S/C13H13N5OS2/c1-15-12-17-18-13(21-12)20-7-6-11(19)16-10-5-3-2-4-9(10)8-14/h2-5H,6-7H2,1H3,(H,15,17)(H,16,19). The number of hydrogen-bond acceptors (Lipinski definition) is 7. The highest BCUT2D eigenvalue weighted by Crippen LogP contribution is 2.25. The number of nitrogens with one attached hydrogen (secondary N) is 2. The van der Waals surface area contributed by atoms with Crippen LogP contribution in [0.15, 0.2) is 28.6 Å². The number of amides is 1. The van der Waals surface area contributed by atoms with Crippen LogP contribution in [0.5, 0.6) is 0 Å². The molecule has 2 rings (SSSR count). The summed E-state index contributed by atoms with van der Waals surface area (Å²) in [6.45, 7) is 0. The van der Waals surface area contributed by atoms with Crippen molar-refractivity contribution in [3.8, 4) is 6.07 Å². The molecule has 108 valence electrons. The van der Waals surface area contributed by atoms with E-state index in [4.69, 9.17) is 5.26 Å². The van der Waals surface area contributed by atoms with Gasteiger partial charge in [-0.3, -0.25) is 4.79 Å². The number of aromatic nitrogens is 2. The van der Waals surface area contributed by atoms with Crippen LogP contribution in [0.1, 0.15) is 12.0 Å². The van der Waals surface area contributed by atoms with Crippen molar-refractivity contribution in [1.29, 1.82) is 5.26 Å². The molecule has 1 aromatic heterocycles. The Bertz CT molecular complexity index is 665. The van der Waals surface area contributed by atoms with E-state index >= 15 is 0 Å². The molecule has 0 saturated heterocycles. The van der Waals surface area contributed by atoms with Crippen molar-refractivity contribution >= 4 is 39.8 Å². The van der Waals surface area contributed by atoms with Crippen LogP contribution >= 0.6 is 23.1 Å². The normalized spacial score (nSPS) is 9.90. The number of para-hydroxylation sites is 1. The molecule has 8 heteroatoms. The van der Waals surface area contributed by atoms with Crippen LogP contribution < -0.4 is 10.6 Å². The van der Waals surface area contributed by atoms with Gasteiger partial charge >= 0.3 is 0 Å². The van der Waals surface area contributed by atoms with Crippen molar-refractivity contribution in [2.24, 2.45) is 0 Å². The quantitative estimate of drug-likeness (QED) is 0.795. The molecule has 2 aromatic rings. The van der Waals surface area contributed by atoms with E-state index < -0.39 is 0 Å². The van der Waals surface area contributed by atoms with Gasteiger partial charge in [-0.15, -0.1) is 10.2 Å². The summed E-state index contributed by atoms with van der Waals surface area (Å²) in [5.74, 6) is 0.488. The number of benzene rings is 1. The van der Waals surface area contributed by atoms with Gasteiger partial charge in [-0.2, -0.15) is 5.26 Å². The second-order valence-electron chi connectivity index (χ2n) is 3.93. The monoisotopic (exact) mass is 319 g/mol. The first-order valence-electron chi connectivity index (χ1n) is 6.16. The molecule has 6 nitrogen and oxygen atoms in total. The number of thioether (sulfide) groups is 1. The van der Waals surface area contributed by atoms with Gasteiger partial charge in [-0.05, 0) is 12.1 Å². The molecule has 0 fully saturated rings. The second-order valence-corrected chi connectivity index (χ2v) is 6.25. The first kappa shape index (κ1) is 15.3. The number of nitrogens with zero attached hydrogens (tertiary/aromatic N) is 3. The molecule has 0 saturated carbocycles. The lowest BCUT2D eigenvalue weighted by Gasteiger charge is -2.05. The van der Waals surface area contributed by atoms with Crippen LogP contribution in [0, 0.1) is 11.3 Å². The molecule has 1 heterocycles. The third kappa shape index (κ3) is 4.44. The molecule has 21 heavy (non-hydrogen) atoms. The lowest BCUT2D eigenvalue weighted by atomic mass is 10.2. The summed E-state index contributed by atoms with van der Waals surface area (Å²) >= 11 is 2.93. The fourth-order valence-corrected chi connectivity index (χ4v) is 3.22. The molecule has 0 aliphatic carbocycles. The van der Waals surface area contributed by atoms with Crippen molar-refractivity contribution in [3.05, 3.63) is 29.8 Å². The minimum Gasteiger partial charge on any atom is -0.363 e. The zero-order chi connectivity index (χ0) is 15.1. The number of hydrogen-bond donors (Lipinski definition) is 2. The average molecular weight is 319 g/mol. The second kappa shape index (κ2) is 7.61. The largest absolute Gasteiger partial charge is 0.363 e. The third-order valence-corrected chi connectivity index (χ3v) is 4.57. The Balaban J connectivity index is 1.81. The van der Waals surface area contributed by atoms with Crippen LogP contribution in [0.3, 0.4) is 0 Å². The van der Waals surface area contributed by atoms with Gasteiger partial charge in [0.1, 0.15) is 6.07 Å². The van der Waals surface area contributed by atoms with Crippen molar-refractivity contribution in [2.75, 3.05) is 23.4 Å². The van der Waals surface area contributed by atoms with E-state index in [1.165, 1.54) is 23.1 Å². The predicted octanol–water partition coefficient (Wildman–Crippen LogP) is 2.57. The Kier molecular flexibility index (Phi) is 5.54. The van der Waals surface area contributed by atoms with Crippen molar-refractivity contribution in [1.82, 2.24) is 10.2 Å². The van der Waals surface area contributed by atoms with Gasteiger partial charge in [0.05, 0.1) is 11.3 Å². The van der Waals surface area contributed by atoms with E-state index in [1.807, 2.05) is 6.07 Å². The number of anilines is 2. The van der Waals surface area contributed by atoms with Crippen LogP contribution in [-0.4, -0.2) is 28.9 Å². The molecule has 1 aromatic carbocycles. The zero-order valence-corrected chi connectivity index (χ0v) is 12.9. The fraction of sp³-hybridized carbons (Fsp3) is 0.231. The summed E-state index contributed by atoms with van der Waals surface area (Å²) in [5.41, 5.74) is 1.00. The van der Waals surface area contributed by atoms with Crippen LogP contribution in [0.25, 0.3) is 0 Å². The van der Waals surface area contributed by atoms with Gasteiger partial charge in [0.25, 0.3) is 0 Å². The third-order valence-electron chi connectivity index (χ3n) is 2.50. The lowest BCUT2D eigenvalue weighted by Crippen LogP contribution is -2.13. The molecular weight excluding hydrogens is 306 g/mol. The molecule has 2 N–H and O–H groups in total. The minimum atomic E-state index is -0.122. The van der Waals surface area contributed by atoms with Crippen molar-refractivity contribution < 1.29 is 4.79 Å². The Morgan fingerprint density at radius 2 is 2.24 bits per heavy atom. The SMILES string of the molecule is CNc1nnc(SCCC(=O)Nc2ccccc2C#N)s1. The fourth-order valence-electron chi connectivity index (χ4n) is 1.50. The molecule has 0 aliphatic rings. The van der Waals surface area contributed by atoms with Gasteiger partial charge < -0.3 is 10.6 Å². The topological polar surface area (TPSA) is 90.7 Å². The summed E-state index contributed by atoms with van der Waals surface area (Å²) < 4.78 is 0.824. The Morgan fingerprint density at radius 1 is 1.43 bits per heavy atom. The van der Waals surface area contributed by atoms with Gasteiger partial charge in [0, 0.05) is 19.2 Å². The highest BCUT2D eigenvalue weighted by molar-refractivity contribution is 8.01. The van der Waals surface area contributed by atoms with Crippen LogP contribution in [-0.2, 0) is 4.79 Å². The van der Waals surface area contributed by atoms with Crippen molar-refractivity contribution in [2.45, 2.75) is 10.8 Å². The zero-order valence-electron chi connectivity index (χ0n) is 11.3. The van der Waals surface area contributed by atoms with E-state index in [0.717, 1.165) is 9.47 Å². The first-order valence-corrected chi connectivity index (χ1v) is 7.96. The van der Waals surface area contributed by atoms with Crippen molar-refractivity contribution in [3.63, 3.8) is 0 Å².